The minimum atomic E-state index is -1.03. The van der Waals surface area contributed by atoms with E-state index in [2.05, 4.69) is 10.5 Å². The molecule has 1 amide bonds. The zero-order valence-electron chi connectivity index (χ0n) is 17.5. The van der Waals surface area contributed by atoms with E-state index in [4.69, 9.17) is 26.2 Å². The molecule has 0 fully saturated rings. The lowest BCUT2D eigenvalue weighted by Crippen LogP contribution is -2.19. The summed E-state index contributed by atoms with van der Waals surface area (Å²) in [7, 11) is 1.45. The van der Waals surface area contributed by atoms with Gasteiger partial charge in [0.15, 0.2) is 11.5 Å². The molecule has 0 atom stereocenters. The molecule has 9 heteroatoms. The van der Waals surface area contributed by atoms with Gasteiger partial charge in [0, 0.05) is 0 Å². The van der Waals surface area contributed by atoms with Crippen LogP contribution in [0.1, 0.15) is 27.0 Å². The van der Waals surface area contributed by atoms with E-state index < -0.39 is 5.97 Å². The Morgan fingerprint density at radius 3 is 2.58 bits per heavy atom. The zero-order valence-corrected chi connectivity index (χ0v) is 18.3. The number of hydrogen-bond donors (Lipinski definition) is 2. The Balaban J connectivity index is 1.64. The number of hydrazone groups is 1. The van der Waals surface area contributed by atoms with Gasteiger partial charge in [-0.2, -0.15) is 5.10 Å². The van der Waals surface area contributed by atoms with E-state index in [1.165, 1.54) is 49.7 Å². The van der Waals surface area contributed by atoms with Gasteiger partial charge in [-0.05, 0) is 53.1 Å². The summed E-state index contributed by atoms with van der Waals surface area (Å²) in [4.78, 5) is 23.1. The van der Waals surface area contributed by atoms with Gasteiger partial charge in [0.2, 0.25) is 5.91 Å². The lowest BCUT2D eigenvalue weighted by molar-refractivity contribution is -0.120. The van der Waals surface area contributed by atoms with Gasteiger partial charge in [-0.3, -0.25) is 4.79 Å². The predicted molar refractivity (Wildman–Crippen MR) is 122 cm³/mol. The van der Waals surface area contributed by atoms with E-state index in [9.17, 15) is 14.0 Å². The molecule has 0 aliphatic heterocycles. The number of nitrogens with one attached hydrogen (secondary N) is 1. The first-order valence-electron chi connectivity index (χ1n) is 9.74. The normalized spacial score (nSPS) is 10.8. The number of carbonyl (C=O) groups excluding carboxylic acids is 1. The number of carbonyl (C=O) groups is 2. The van der Waals surface area contributed by atoms with Crippen molar-refractivity contribution in [1.29, 1.82) is 0 Å². The van der Waals surface area contributed by atoms with Gasteiger partial charge in [-0.1, -0.05) is 35.9 Å². The molecule has 3 rings (SSSR count). The molecule has 0 heterocycles. The summed E-state index contributed by atoms with van der Waals surface area (Å²) >= 11 is 6.34. The fourth-order valence-electron chi connectivity index (χ4n) is 2.91. The number of carboxylic acids is 1. The Labute approximate surface area is 194 Å². The van der Waals surface area contributed by atoms with E-state index in [-0.39, 0.29) is 41.1 Å². The molecular weight excluding hydrogens is 451 g/mol. The molecular formula is C24H20ClFN2O5. The van der Waals surface area contributed by atoms with Crippen molar-refractivity contribution in [3.63, 3.8) is 0 Å². The Morgan fingerprint density at radius 1 is 1.12 bits per heavy atom. The Morgan fingerprint density at radius 2 is 1.88 bits per heavy atom. The van der Waals surface area contributed by atoms with Crippen LogP contribution < -0.4 is 14.9 Å². The minimum Gasteiger partial charge on any atom is -0.493 e. The molecule has 33 heavy (non-hydrogen) atoms. The second-order valence-corrected chi connectivity index (χ2v) is 7.33. The molecule has 3 aromatic carbocycles. The van der Waals surface area contributed by atoms with Crippen molar-refractivity contribution in [2.75, 3.05) is 7.11 Å². The molecule has 0 bridgehead atoms. The Bertz CT molecular complexity index is 1180. The maximum atomic E-state index is 12.9. The van der Waals surface area contributed by atoms with Crippen LogP contribution in [0.2, 0.25) is 5.02 Å². The fraction of sp³-hybridized carbons (Fsp3) is 0.125. The van der Waals surface area contributed by atoms with Crippen LogP contribution in [0.25, 0.3) is 0 Å². The first-order valence-corrected chi connectivity index (χ1v) is 10.1. The highest BCUT2D eigenvalue weighted by Gasteiger charge is 2.13. The number of amides is 1. The minimum absolute atomic E-state index is 0.0531. The van der Waals surface area contributed by atoms with Crippen molar-refractivity contribution in [3.8, 4) is 11.5 Å². The molecule has 0 aromatic heterocycles. The van der Waals surface area contributed by atoms with Crippen molar-refractivity contribution in [2.24, 2.45) is 5.10 Å². The maximum Gasteiger partial charge on any atom is 0.335 e. The van der Waals surface area contributed by atoms with Gasteiger partial charge in [-0.15, -0.1) is 0 Å². The topological polar surface area (TPSA) is 97.2 Å². The van der Waals surface area contributed by atoms with E-state index in [1.807, 2.05) is 0 Å². The molecule has 0 unspecified atom stereocenters. The second kappa shape index (κ2) is 11.1. The highest BCUT2D eigenvalue weighted by Crippen LogP contribution is 2.36. The predicted octanol–water partition coefficient (Wildman–Crippen LogP) is 4.46. The third-order valence-corrected chi connectivity index (χ3v) is 4.77. The van der Waals surface area contributed by atoms with Crippen LogP contribution in [-0.4, -0.2) is 30.3 Å². The Kier molecular flexibility index (Phi) is 7.99. The fourth-order valence-corrected chi connectivity index (χ4v) is 3.18. The highest BCUT2D eigenvalue weighted by atomic mass is 35.5. The largest absolute Gasteiger partial charge is 0.493 e. The van der Waals surface area contributed by atoms with Crippen LogP contribution >= 0.6 is 11.6 Å². The number of halogens is 2. The summed E-state index contributed by atoms with van der Waals surface area (Å²) in [6.07, 6.45) is 1.45. The van der Waals surface area contributed by atoms with Gasteiger partial charge in [0.05, 0.1) is 30.3 Å². The van der Waals surface area contributed by atoms with Gasteiger partial charge >= 0.3 is 5.97 Å². The van der Waals surface area contributed by atoms with Gasteiger partial charge in [0.1, 0.15) is 12.4 Å². The lowest BCUT2D eigenvalue weighted by atomic mass is 10.1. The molecule has 0 spiro atoms. The Hall–Kier alpha value is -3.91. The molecule has 3 aromatic rings. The van der Waals surface area contributed by atoms with Crippen molar-refractivity contribution in [1.82, 2.24) is 5.43 Å². The standard InChI is InChI=1S/C24H20ClFN2O5/c1-32-21-11-17(13-27-28-22(29)12-15-5-7-19(26)8-6-15)10-20(25)23(21)33-14-16-3-2-4-18(9-16)24(30)31/h2-11,13H,12,14H2,1H3,(H,28,29)(H,30,31)/b27-13+. The smallest absolute Gasteiger partial charge is 0.335 e. The van der Waals surface area contributed by atoms with Crippen molar-refractivity contribution in [3.05, 3.63) is 93.8 Å². The van der Waals surface area contributed by atoms with Gasteiger partial charge < -0.3 is 14.6 Å². The summed E-state index contributed by atoms with van der Waals surface area (Å²) in [6, 6.07) is 15.2. The van der Waals surface area contributed by atoms with E-state index in [0.717, 1.165) is 0 Å². The number of carboxylic acid groups (broad SMARTS) is 1. The molecule has 170 valence electrons. The van der Waals surface area contributed by atoms with Crippen molar-refractivity contribution < 1.29 is 28.6 Å². The van der Waals surface area contributed by atoms with Crippen LogP contribution in [0.3, 0.4) is 0 Å². The first kappa shape index (κ1) is 23.7. The quantitative estimate of drug-likeness (QED) is 0.355. The number of aromatic carboxylic acids is 1. The van der Waals surface area contributed by atoms with Crippen molar-refractivity contribution in [2.45, 2.75) is 13.0 Å². The number of nitrogens with zero attached hydrogens (tertiary/aromatic N) is 1. The number of methoxy groups -OCH3 is 1. The monoisotopic (exact) mass is 470 g/mol. The number of ether oxygens (including phenoxy) is 2. The average molecular weight is 471 g/mol. The molecule has 0 aliphatic rings. The highest BCUT2D eigenvalue weighted by molar-refractivity contribution is 6.32. The number of hydrogen-bond acceptors (Lipinski definition) is 5. The summed E-state index contributed by atoms with van der Waals surface area (Å²) in [5.41, 5.74) is 4.42. The van der Waals surface area contributed by atoms with Crippen LogP contribution in [-0.2, 0) is 17.8 Å². The number of benzene rings is 3. The third-order valence-electron chi connectivity index (χ3n) is 4.49. The summed E-state index contributed by atoms with van der Waals surface area (Å²) in [5, 5.41) is 13.3. The van der Waals surface area contributed by atoms with E-state index in [1.54, 1.807) is 24.3 Å². The molecule has 0 saturated heterocycles. The lowest BCUT2D eigenvalue weighted by Gasteiger charge is -2.13. The SMILES string of the molecule is COc1cc(/C=N/NC(=O)Cc2ccc(F)cc2)cc(Cl)c1OCc1cccc(C(=O)O)c1. The summed E-state index contributed by atoms with van der Waals surface area (Å²) in [5.74, 6) is -1.13. The second-order valence-electron chi connectivity index (χ2n) is 6.92. The van der Waals surface area contributed by atoms with Crippen LogP contribution in [0.15, 0.2) is 65.8 Å². The van der Waals surface area contributed by atoms with Gasteiger partial charge in [-0.25, -0.2) is 14.6 Å². The summed E-state index contributed by atoms with van der Waals surface area (Å²) < 4.78 is 24.1. The molecule has 0 aliphatic carbocycles. The third kappa shape index (κ3) is 6.78. The number of rotatable bonds is 9. The maximum absolute atomic E-state index is 12.9. The molecule has 7 nitrogen and oxygen atoms in total. The van der Waals surface area contributed by atoms with Gasteiger partial charge in [0.25, 0.3) is 0 Å². The van der Waals surface area contributed by atoms with Crippen LogP contribution in [0.5, 0.6) is 11.5 Å². The molecule has 2 N–H and O–H groups in total. The van der Waals surface area contributed by atoms with Crippen LogP contribution in [0.4, 0.5) is 4.39 Å². The van der Waals surface area contributed by atoms with Crippen molar-refractivity contribution >= 4 is 29.7 Å². The van der Waals surface area contributed by atoms with E-state index >= 15 is 0 Å². The molecule has 0 radical (unpaired) electrons. The zero-order chi connectivity index (χ0) is 23.8. The van der Waals surface area contributed by atoms with Crippen LogP contribution in [0, 0.1) is 5.82 Å². The average Bonchev–Trinajstić information content (AvgIpc) is 2.79. The first-order chi connectivity index (χ1) is 15.9. The summed E-state index contributed by atoms with van der Waals surface area (Å²) in [6.45, 7) is 0.0874. The molecule has 0 saturated carbocycles. The van der Waals surface area contributed by atoms with E-state index in [0.29, 0.717) is 22.4 Å².